The zero-order chi connectivity index (χ0) is 16.7. The number of nitrogens with two attached hydrogens (primary N) is 1. The summed E-state index contributed by atoms with van der Waals surface area (Å²) in [5.41, 5.74) is 10.3. The Balaban J connectivity index is 1.97. The van der Waals surface area contributed by atoms with E-state index in [0.29, 0.717) is 5.82 Å². The summed E-state index contributed by atoms with van der Waals surface area (Å²) in [6.07, 6.45) is 2.00. The van der Waals surface area contributed by atoms with Gasteiger partial charge in [0.1, 0.15) is 16.7 Å². The number of nitrogens with zero attached hydrogens (tertiary/aromatic N) is 4. The molecule has 0 unspecified atom stereocenters. The molecule has 0 aliphatic heterocycles. The van der Waals surface area contributed by atoms with Gasteiger partial charge in [-0.05, 0) is 30.5 Å². The molecule has 0 bridgehead atoms. The molecule has 0 fully saturated rings. The van der Waals surface area contributed by atoms with Crippen LogP contribution in [0.1, 0.15) is 0 Å². The number of imidazole rings is 1. The van der Waals surface area contributed by atoms with E-state index in [1.807, 2.05) is 61.8 Å². The molecule has 0 radical (unpaired) electrons. The number of aryl methyl sites for hydroxylation is 1. The molecule has 4 rings (SSSR count). The molecule has 0 spiro atoms. The molecule has 0 aliphatic rings. The van der Waals surface area contributed by atoms with E-state index in [9.17, 15) is 0 Å². The van der Waals surface area contributed by atoms with Crippen LogP contribution in [0.2, 0.25) is 0 Å². The summed E-state index contributed by atoms with van der Waals surface area (Å²) < 4.78 is 3.85. The highest BCUT2D eigenvalue weighted by Gasteiger charge is 2.22. The number of aromatic nitrogens is 4. The summed E-state index contributed by atoms with van der Waals surface area (Å²) in [4.78, 5) is 4.78. The highest BCUT2D eigenvalue weighted by atomic mass is 32.2. The fourth-order valence-corrected chi connectivity index (χ4v) is 3.46. The molecule has 2 aromatic heterocycles. The Morgan fingerprint density at radius 1 is 1.00 bits per heavy atom. The fourth-order valence-electron chi connectivity index (χ4n) is 2.90. The minimum atomic E-state index is 0.601. The van der Waals surface area contributed by atoms with Crippen molar-refractivity contribution in [3.8, 4) is 17.1 Å². The first-order chi connectivity index (χ1) is 11.7. The SMILES string of the molecule is CSc1nn(-c2ccccc2)c(N)c1-c1nc2ccccc2n1C. The lowest BCUT2D eigenvalue weighted by molar-refractivity contribution is 0.846. The molecule has 2 N–H and O–H groups in total. The number of hydrogen-bond acceptors (Lipinski definition) is 4. The third-order valence-electron chi connectivity index (χ3n) is 4.09. The van der Waals surface area contributed by atoms with Crippen molar-refractivity contribution < 1.29 is 0 Å². The zero-order valence-corrected chi connectivity index (χ0v) is 14.3. The van der Waals surface area contributed by atoms with E-state index in [2.05, 4.69) is 15.7 Å². The highest BCUT2D eigenvalue weighted by molar-refractivity contribution is 7.98. The van der Waals surface area contributed by atoms with E-state index in [1.165, 1.54) is 0 Å². The largest absolute Gasteiger partial charge is 0.383 e. The van der Waals surface area contributed by atoms with Crippen LogP contribution in [0.25, 0.3) is 28.1 Å². The fraction of sp³-hybridized carbons (Fsp3) is 0.111. The van der Waals surface area contributed by atoms with Gasteiger partial charge in [-0.2, -0.15) is 5.10 Å². The van der Waals surface area contributed by atoms with Crippen molar-refractivity contribution in [1.29, 1.82) is 0 Å². The molecule has 0 aliphatic carbocycles. The molecule has 0 amide bonds. The molecular weight excluding hydrogens is 318 g/mol. The molecule has 0 saturated carbocycles. The maximum atomic E-state index is 6.47. The van der Waals surface area contributed by atoms with Crippen molar-refractivity contribution in [2.45, 2.75) is 5.03 Å². The van der Waals surface area contributed by atoms with E-state index in [-0.39, 0.29) is 0 Å². The van der Waals surface area contributed by atoms with Crippen molar-refractivity contribution in [2.75, 3.05) is 12.0 Å². The van der Waals surface area contributed by atoms with Crippen molar-refractivity contribution in [3.63, 3.8) is 0 Å². The van der Waals surface area contributed by atoms with Crippen molar-refractivity contribution >= 4 is 28.6 Å². The molecule has 2 heterocycles. The smallest absolute Gasteiger partial charge is 0.147 e. The summed E-state index contributed by atoms with van der Waals surface area (Å²) in [6.45, 7) is 0. The van der Waals surface area contributed by atoms with E-state index >= 15 is 0 Å². The minimum Gasteiger partial charge on any atom is -0.383 e. The number of hydrogen-bond donors (Lipinski definition) is 1. The van der Waals surface area contributed by atoms with Crippen molar-refractivity contribution in [1.82, 2.24) is 19.3 Å². The summed E-state index contributed by atoms with van der Waals surface area (Å²) in [5, 5.41) is 5.56. The monoisotopic (exact) mass is 335 g/mol. The number of anilines is 1. The second-order valence-corrected chi connectivity index (χ2v) is 6.29. The van der Waals surface area contributed by atoms with E-state index in [0.717, 1.165) is 33.1 Å². The number of rotatable bonds is 3. The van der Waals surface area contributed by atoms with Crippen LogP contribution in [0.15, 0.2) is 59.6 Å². The van der Waals surface area contributed by atoms with Crippen LogP contribution in [0.4, 0.5) is 5.82 Å². The molecule has 0 saturated heterocycles. The number of thioether (sulfide) groups is 1. The average molecular weight is 335 g/mol. The van der Waals surface area contributed by atoms with Crippen LogP contribution < -0.4 is 5.73 Å². The maximum Gasteiger partial charge on any atom is 0.147 e. The van der Waals surface area contributed by atoms with Gasteiger partial charge < -0.3 is 10.3 Å². The van der Waals surface area contributed by atoms with Crippen molar-refractivity contribution in [2.24, 2.45) is 7.05 Å². The van der Waals surface area contributed by atoms with Crippen LogP contribution in [-0.4, -0.2) is 25.6 Å². The molecular formula is C18H17N5S. The van der Waals surface area contributed by atoms with Gasteiger partial charge in [0.05, 0.1) is 22.3 Å². The van der Waals surface area contributed by atoms with Crippen LogP contribution in [0.5, 0.6) is 0 Å². The van der Waals surface area contributed by atoms with E-state index < -0.39 is 0 Å². The number of nitrogen functional groups attached to an aromatic ring is 1. The lowest BCUT2D eigenvalue weighted by Gasteiger charge is -2.05. The number of benzene rings is 2. The topological polar surface area (TPSA) is 61.7 Å². The lowest BCUT2D eigenvalue weighted by Crippen LogP contribution is -2.03. The Morgan fingerprint density at radius 2 is 1.71 bits per heavy atom. The molecule has 24 heavy (non-hydrogen) atoms. The van der Waals surface area contributed by atoms with Gasteiger partial charge >= 0.3 is 0 Å². The molecule has 6 heteroatoms. The average Bonchev–Trinajstić information content (AvgIpc) is 3.13. The predicted octanol–water partition coefficient (Wildman–Crippen LogP) is 3.73. The molecule has 5 nitrogen and oxygen atoms in total. The normalized spacial score (nSPS) is 11.2. The standard InChI is InChI=1S/C18H17N5S/c1-22-14-11-7-6-10-13(14)20-17(22)15-16(19)23(21-18(15)24-2)12-8-4-3-5-9-12/h3-11H,19H2,1-2H3. The second kappa shape index (κ2) is 5.72. The molecule has 120 valence electrons. The first-order valence-corrected chi connectivity index (χ1v) is 8.83. The summed E-state index contributed by atoms with van der Waals surface area (Å²) in [7, 11) is 2.01. The van der Waals surface area contributed by atoms with Gasteiger partial charge in [-0.15, -0.1) is 11.8 Å². The first-order valence-electron chi connectivity index (χ1n) is 7.60. The van der Waals surface area contributed by atoms with Gasteiger partial charge in [0.2, 0.25) is 0 Å². The zero-order valence-electron chi connectivity index (χ0n) is 13.5. The molecule has 4 aromatic rings. The van der Waals surface area contributed by atoms with Gasteiger partial charge in [-0.25, -0.2) is 9.67 Å². The summed E-state index contributed by atoms with van der Waals surface area (Å²) in [6, 6.07) is 18.0. The van der Waals surface area contributed by atoms with Gasteiger partial charge in [-0.1, -0.05) is 30.3 Å². The van der Waals surface area contributed by atoms with Crippen LogP contribution in [-0.2, 0) is 7.05 Å². The Hall–Kier alpha value is -2.73. The van der Waals surface area contributed by atoms with Gasteiger partial charge in [0.25, 0.3) is 0 Å². The minimum absolute atomic E-state index is 0.601. The summed E-state index contributed by atoms with van der Waals surface area (Å²) in [5.74, 6) is 1.43. The van der Waals surface area contributed by atoms with Crippen LogP contribution >= 0.6 is 11.8 Å². The van der Waals surface area contributed by atoms with E-state index in [4.69, 9.17) is 10.7 Å². The van der Waals surface area contributed by atoms with Crippen LogP contribution in [0.3, 0.4) is 0 Å². The predicted molar refractivity (Wildman–Crippen MR) is 99.5 cm³/mol. The van der Waals surface area contributed by atoms with Crippen molar-refractivity contribution in [3.05, 3.63) is 54.6 Å². The van der Waals surface area contributed by atoms with Crippen LogP contribution in [0, 0.1) is 0 Å². The third-order valence-corrected chi connectivity index (χ3v) is 4.77. The van der Waals surface area contributed by atoms with E-state index in [1.54, 1.807) is 16.4 Å². The quantitative estimate of drug-likeness (QED) is 0.580. The third kappa shape index (κ3) is 2.18. The molecule has 0 atom stereocenters. The Labute approximate surface area is 144 Å². The van der Waals surface area contributed by atoms with Gasteiger partial charge in [0.15, 0.2) is 0 Å². The lowest BCUT2D eigenvalue weighted by atomic mass is 10.3. The maximum absolute atomic E-state index is 6.47. The molecule has 2 aromatic carbocycles. The Bertz CT molecular complexity index is 1020. The Kier molecular flexibility index (Phi) is 3.54. The van der Waals surface area contributed by atoms with Gasteiger partial charge in [-0.3, -0.25) is 0 Å². The highest BCUT2D eigenvalue weighted by Crippen LogP contribution is 2.36. The first kappa shape index (κ1) is 14.8. The Morgan fingerprint density at radius 3 is 2.42 bits per heavy atom. The van der Waals surface area contributed by atoms with Gasteiger partial charge in [0, 0.05) is 7.05 Å². The second-order valence-electron chi connectivity index (χ2n) is 5.50. The number of para-hydroxylation sites is 3. The number of fused-ring (bicyclic) bond motifs is 1. The summed E-state index contributed by atoms with van der Waals surface area (Å²) >= 11 is 1.57.